The number of carbonyl (C=O) groups excluding carboxylic acids is 1. The molecule has 3 heterocycles. The van der Waals surface area contributed by atoms with Crippen molar-refractivity contribution in [3.63, 3.8) is 0 Å². The molecule has 1 N–H and O–H groups in total. The quantitative estimate of drug-likeness (QED) is 0.906. The van der Waals surface area contributed by atoms with Crippen molar-refractivity contribution < 1.29 is 9.53 Å². The van der Waals surface area contributed by atoms with Gasteiger partial charge in [0.2, 0.25) is 0 Å². The zero-order valence-corrected chi connectivity index (χ0v) is 15.2. The highest BCUT2D eigenvalue weighted by Crippen LogP contribution is 2.36. The Kier molecular flexibility index (Phi) is 5.04. The zero-order valence-electron chi connectivity index (χ0n) is 14.4. The lowest BCUT2D eigenvalue weighted by molar-refractivity contribution is 0.0797. The van der Waals surface area contributed by atoms with Gasteiger partial charge < -0.3 is 15.0 Å². The summed E-state index contributed by atoms with van der Waals surface area (Å²) in [6.07, 6.45) is 4.59. The number of ether oxygens (including phenoxy) is 1. The van der Waals surface area contributed by atoms with E-state index in [1.54, 1.807) is 11.3 Å². The first-order valence-corrected chi connectivity index (χ1v) is 9.99. The van der Waals surface area contributed by atoms with Crippen molar-refractivity contribution in [1.82, 2.24) is 10.2 Å². The van der Waals surface area contributed by atoms with Crippen LogP contribution in [0.2, 0.25) is 0 Å². The number of hydrogen-bond acceptors (Lipinski definition) is 4. The minimum absolute atomic E-state index is 0.172. The van der Waals surface area contributed by atoms with Crippen molar-refractivity contribution in [2.24, 2.45) is 0 Å². The topological polar surface area (TPSA) is 41.6 Å². The molecule has 0 radical (unpaired) electrons. The second kappa shape index (κ2) is 7.58. The van der Waals surface area contributed by atoms with Gasteiger partial charge in [-0.25, -0.2) is 0 Å². The average Bonchev–Trinajstić information content (AvgIpc) is 3.35. The van der Waals surface area contributed by atoms with E-state index in [1.165, 1.54) is 0 Å². The molecule has 2 aliphatic rings. The summed E-state index contributed by atoms with van der Waals surface area (Å²) < 4.78 is 6.28. The number of carbonyl (C=O) groups is 1. The molecule has 1 amide bonds. The summed E-state index contributed by atoms with van der Waals surface area (Å²) in [5.74, 6) is 1.10. The summed E-state index contributed by atoms with van der Waals surface area (Å²) in [5.41, 5.74) is 1.09. The minimum Gasteiger partial charge on any atom is -0.490 e. The van der Waals surface area contributed by atoms with Gasteiger partial charge in [-0.2, -0.15) is 0 Å². The predicted octanol–water partition coefficient (Wildman–Crippen LogP) is 3.78. The van der Waals surface area contributed by atoms with Crippen molar-refractivity contribution in [1.29, 1.82) is 0 Å². The van der Waals surface area contributed by atoms with E-state index in [1.807, 2.05) is 29.2 Å². The Balaban J connectivity index is 1.54. The number of amides is 1. The highest BCUT2D eigenvalue weighted by atomic mass is 32.1. The fraction of sp³-hybridized carbons (Fsp3) is 0.450. The lowest BCUT2D eigenvalue weighted by Crippen LogP contribution is -2.34. The van der Waals surface area contributed by atoms with Crippen molar-refractivity contribution in [3.8, 4) is 16.2 Å². The molecule has 25 heavy (non-hydrogen) atoms. The average molecular weight is 356 g/mol. The van der Waals surface area contributed by atoms with E-state index >= 15 is 0 Å². The fourth-order valence-corrected chi connectivity index (χ4v) is 4.54. The van der Waals surface area contributed by atoms with Crippen LogP contribution in [-0.2, 0) is 0 Å². The standard InChI is InChI=1S/C20H24N2O2S/c23-20(22-13-3-4-14-22)19-8-7-18(25-19)16-5-1-2-6-17(16)24-15-9-11-21-12-10-15/h1-2,5-8,15,21H,3-4,9-14H2. The molecule has 4 nitrogen and oxygen atoms in total. The Morgan fingerprint density at radius 1 is 1.08 bits per heavy atom. The van der Waals surface area contributed by atoms with Crippen LogP contribution >= 0.6 is 11.3 Å². The third-order valence-corrected chi connectivity index (χ3v) is 6.05. The number of likely N-dealkylation sites (tertiary alicyclic amines) is 1. The van der Waals surface area contributed by atoms with E-state index in [0.717, 1.165) is 72.9 Å². The molecule has 0 saturated carbocycles. The molecule has 0 spiro atoms. The number of hydrogen-bond donors (Lipinski definition) is 1. The molecule has 0 unspecified atom stereocenters. The molecular weight excluding hydrogens is 332 g/mol. The maximum atomic E-state index is 12.6. The molecule has 2 aliphatic heterocycles. The Bertz CT molecular complexity index is 731. The van der Waals surface area contributed by atoms with Crippen LogP contribution in [0.5, 0.6) is 5.75 Å². The molecule has 5 heteroatoms. The lowest BCUT2D eigenvalue weighted by Gasteiger charge is -2.24. The zero-order chi connectivity index (χ0) is 17.1. The van der Waals surface area contributed by atoms with Crippen LogP contribution in [0.15, 0.2) is 36.4 Å². The molecular formula is C20H24N2O2S. The first kappa shape index (κ1) is 16.6. The monoisotopic (exact) mass is 356 g/mol. The van der Waals surface area contributed by atoms with Crippen LogP contribution in [0, 0.1) is 0 Å². The maximum Gasteiger partial charge on any atom is 0.263 e. The molecule has 2 saturated heterocycles. The van der Waals surface area contributed by atoms with Crippen LogP contribution in [0.3, 0.4) is 0 Å². The SMILES string of the molecule is O=C(c1ccc(-c2ccccc2OC2CCNCC2)s1)N1CCCC1. The summed E-state index contributed by atoms with van der Waals surface area (Å²) >= 11 is 1.57. The highest BCUT2D eigenvalue weighted by Gasteiger charge is 2.22. The van der Waals surface area contributed by atoms with Crippen LogP contribution in [-0.4, -0.2) is 43.1 Å². The number of nitrogens with one attached hydrogen (secondary N) is 1. The van der Waals surface area contributed by atoms with Gasteiger partial charge in [-0.1, -0.05) is 12.1 Å². The van der Waals surface area contributed by atoms with Gasteiger partial charge in [0.1, 0.15) is 11.9 Å². The van der Waals surface area contributed by atoms with E-state index in [-0.39, 0.29) is 12.0 Å². The molecule has 0 atom stereocenters. The summed E-state index contributed by atoms with van der Waals surface area (Å²) in [7, 11) is 0. The van der Waals surface area contributed by atoms with E-state index < -0.39 is 0 Å². The van der Waals surface area contributed by atoms with Crippen LogP contribution < -0.4 is 10.1 Å². The fourth-order valence-electron chi connectivity index (χ4n) is 3.54. The number of para-hydroxylation sites is 1. The van der Waals surface area contributed by atoms with Crippen molar-refractivity contribution in [3.05, 3.63) is 41.3 Å². The van der Waals surface area contributed by atoms with Gasteiger partial charge in [-0.15, -0.1) is 11.3 Å². The van der Waals surface area contributed by atoms with Crippen LogP contribution in [0.1, 0.15) is 35.4 Å². The van der Waals surface area contributed by atoms with Crippen LogP contribution in [0.4, 0.5) is 0 Å². The minimum atomic E-state index is 0.172. The molecule has 1 aromatic carbocycles. The second-order valence-corrected chi connectivity index (χ2v) is 7.81. The van der Waals surface area contributed by atoms with Crippen LogP contribution in [0.25, 0.3) is 10.4 Å². The molecule has 0 aliphatic carbocycles. The number of benzene rings is 1. The van der Waals surface area contributed by atoms with Crippen molar-refractivity contribution in [2.75, 3.05) is 26.2 Å². The van der Waals surface area contributed by atoms with Gasteiger partial charge >= 0.3 is 0 Å². The first-order valence-electron chi connectivity index (χ1n) is 9.17. The molecule has 4 rings (SSSR count). The van der Waals surface area contributed by atoms with Crippen molar-refractivity contribution in [2.45, 2.75) is 31.8 Å². The molecule has 1 aromatic heterocycles. The van der Waals surface area contributed by atoms with E-state index in [9.17, 15) is 4.79 Å². The number of rotatable bonds is 4. The summed E-state index contributed by atoms with van der Waals surface area (Å²) in [4.78, 5) is 16.5. The third-order valence-electron chi connectivity index (χ3n) is 4.94. The van der Waals surface area contributed by atoms with Gasteiger partial charge in [0, 0.05) is 23.5 Å². The van der Waals surface area contributed by atoms with Crippen molar-refractivity contribution >= 4 is 17.2 Å². The first-order chi connectivity index (χ1) is 12.3. The largest absolute Gasteiger partial charge is 0.490 e. The number of nitrogens with zero attached hydrogens (tertiary/aromatic N) is 1. The van der Waals surface area contributed by atoms with Gasteiger partial charge in [0.05, 0.1) is 4.88 Å². The Hall–Kier alpha value is -1.85. The Labute approximate surface area is 152 Å². The van der Waals surface area contributed by atoms with Gasteiger partial charge in [0.25, 0.3) is 5.91 Å². The Morgan fingerprint density at radius 3 is 2.64 bits per heavy atom. The predicted molar refractivity (Wildman–Crippen MR) is 101 cm³/mol. The summed E-state index contributed by atoms with van der Waals surface area (Å²) in [6.45, 7) is 3.81. The smallest absolute Gasteiger partial charge is 0.263 e. The summed E-state index contributed by atoms with van der Waals surface area (Å²) in [5, 5.41) is 3.37. The highest BCUT2D eigenvalue weighted by molar-refractivity contribution is 7.17. The van der Waals surface area contributed by atoms with E-state index in [4.69, 9.17) is 4.74 Å². The molecule has 0 bridgehead atoms. The van der Waals surface area contributed by atoms with Gasteiger partial charge in [-0.3, -0.25) is 4.79 Å². The van der Waals surface area contributed by atoms with E-state index in [0.29, 0.717) is 0 Å². The maximum absolute atomic E-state index is 12.6. The van der Waals surface area contributed by atoms with E-state index in [2.05, 4.69) is 17.4 Å². The molecule has 132 valence electrons. The Morgan fingerprint density at radius 2 is 1.84 bits per heavy atom. The second-order valence-electron chi connectivity index (χ2n) is 6.73. The van der Waals surface area contributed by atoms with Gasteiger partial charge in [-0.05, 0) is 63.0 Å². The molecule has 2 aromatic rings. The number of thiophene rings is 1. The lowest BCUT2D eigenvalue weighted by atomic mass is 10.1. The normalized spacial score (nSPS) is 18.5. The summed E-state index contributed by atoms with van der Waals surface area (Å²) in [6, 6.07) is 12.2. The third kappa shape index (κ3) is 3.72. The van der Waals surface area contributed by atoms with Gasteiger partial charge in [0.15, 0.2) is 0 Å². The number of piperidine rings is 1. The molecule has 2 fully saturated rings.